The maximum atomic E-state index is 8.76. The molecule has 0 bridgehead atoms. The molecular formula is C9H10BrN3O. The lowest BCUT2D eigenvalue weighted by Gasteiger charge is -2.23. The normalized spacial score (nSPS) is 21.9. The summed E-state index contributed by atoms with van der Waals surface area (Å²) < 4.78 is 8.01. The maximum Gasteiger partial charge on any atom is 0.151 e. The summed E-state index contributed by atoms with van der Waals surface area (Å²) in [5, 5.41) is 12.9. The Morgan fingerprint density at radius 1 is 1.64 bits per heavy atom. The van der Waals surface area contributed by atoms with Gasteiger partial charge in [-0.1, -0.05) is 0 Å². The molecule has 0 spiro atoms. The molecule has 4 nitrogen and oxygen atoms in total. The Hall–Kier alpha value is -0.860. The van der Waals surface area contributed by atoms with E-state index in [1.54, 1.807) is 10.9 Å². The number of rotatable bonds is 1. The monoisotopic (exact) mass is 255 g/mol. The molecule has 0 N–H and O–H groups in total. The molecule has 0 saturated carbocycles. The van der Waals surface area contributed by atoms with Crippen LogP contribution in [0, 0.1) is 11.3 Å². The SMILES string of the molecule is N#Cc1cnn(C2CCCCO2)c1Br. The highest BCUT2D eigenvalue weighted by molar-refractivity contribution is 9.10. The molecule has 14 heavy (non-hydrogen) atoms. The van der Waals surface area contributed by atoms with E-state index in [4.69, 9.17) is 10.00 Å². The Kier molecular flexibility index (Phi) is 2.85. The van der Waals surface area contributed by atoms with Crippen molar-refractivity contribution in [3.8, 4) is 6.07 Å². The Morgan fingerprint density at radius 2 is 2.50 bits per heavy atom. The van der Waals surface area contributed by atoms with E-state index < -0.39 is 0 Å². The minimum atomic E-state index is -0.0137. The van der Waals surface area contributed by atoms with Crippen molar-refractivity contribution in [2.45, 2.75) is 25.5 Å². The van der Waals surface area contributed by atoms with Crippen LogP contribution in [0.15, 0.2) is 10.8 Å². The van der Waals surface area contributed by atoms with Crippen molar-refractivity contribution in [3.05, 3.63) is 16.4 Å². The Bertz CT molecular complexity index is 363. The van der Waals surface area contributed by atoms with Gasteiger partial charge in [-0.05, 0) is 35.2 Å². The predicted molar refractivity (Wildman–Crippen MR) is 53.5 cm³/mol. The zero-order chi connectivity index (χ0) is 9.97. The van der Waals surface area contributed by atoms with Crippen molar-refractivity contribution in [2.24, 2.45) is 0 Å². The summed E-state index contributed by atoms with van der Waals surface area (Å²) in [6.45, 7) is 0.777. The molecule has 1 aliphatic heterocycles. The van der Waals surface area contributed by atoms with Gasteiger partial charge < -0.3 is 4.74 Å². The second-order valence-electron chi connectivity index (χ2n) is 3.23. The number of hydrogen-bond acceptors (Lipinski definition) is 3. The zero-order valence-electron chi connectivity index (χ0n) is 7.61. The van der Waals surface area contributed by atoms with Gasteiger partial charge in [0.05, 0.1) is 6.20 Å². The summed E-state index contributed by atoms with van der Waals surface area (Å²) in [5.41, 5.74) is 0.555. The molecule has 1 saturated heterocycles. The standard InChI is InChI=1S/C9H10BrN3O/c10-9-7(5-11)6-12-13(9)8-3-1-2-4-14-8/h6,8H,1-4H2. The molecule has 1 unspecified atom stereocenters. The summed E-state index contributed by atoms with van der Waals surface area (Å²) in [6, 6.07) is 2.07. The zero-order valence-corrected chi connectivity index (χ0v) is 9.20. The van der Waals surface area contributed by atoms with Crippen molar-refractivity contribution in [1.82, 2.24) is 9.78 Å². The summed E-state index contributed by atoms with van der Waals surface area (Å²) in [7, 11) is 0. The van der Waals surface area contributed by atoms with Crippen LogP contribution in [0.2, 0.25) is 0 Å². The first-order valence-corrected chi connectivity index (χ1v) is 5.37. The average molecular weight is 256 g/mol. The van der Waals surface area contributed by atoms with Gasteiger partial charge in [0.15, 0.2) is 6.23 Å². The van der Waals surface area contributed by atoms with Crippen LogP contribution >= 0.6 is 15.9 Å². The Morgan fingerprint density at radius 3 is 3.07 bits per heavy atom. The van der Waals surface area contributed by atoms with E-state index in [9.17, 15) is 0 Å². The van der Waals surface area contributed by atoms with E-state index in [-0.39, 0.29) is 6.23 Å². The van der Waals surface area contributed by atoms with Crippen molar-refractivity contribution < 1.29 is 4.74 Å². The minimum Gasteiger partial charge on any atom is -0.356 e. The fourth-order valence-corrected chi connectivity index (χ4v) is 2.05. The highest BCUT2D eigenvalue weighted by Crippen LogP contribution is 2.26. The van der Waals surface area contributed by atoms with Crippen molar-refractivity contribution >= 4 is 15.9 Å². The first-order valence-electron chi connectivity index (χ1n) is 4.57. The maximum absolute atomic E-state index is 8.76. The predicted octanol–water partition coefficient (Wildman–Crippen LogP) is 2.22. The summed E-state index contributed by atoms with van der Waals surface area (Å²) >= 11 is 3.34. The third-order valence-electron chi connectivity index (χ3n) is 2.28. The Balaban J connectivity index is 2.23. The van der Waals surface area contributed by atoms with Gasteiger partial charge in [0.1, 0.15) is 16.2 Å². The molecule has 1 fully saturated rings. The second kappa shape index (κ2) is 4.11. The van der Waals surface area contributed by atoms with Gasteiger partial charge in [0.2, 0.25) is 0 Å². The quantitative estimate of drug-likeness (QED) is 0.774. The van der Waals surface area contributed by atoms with E-state index in [0.717, 1.165) is 25.9 Å². The van der Waals surface area contributed by atoms with Gasteiger partial charge in [0, 0.05) is 6.61 Å². The van der Waals surface area contributed by atoms with Gasteiger partial charge in [-0.2, -0.15) is 10.4 Å². The number of nitriles is 1. The molecule has 74 valence electrons. The lowest BCUT2D eigenvalue weighted by Crippen LogP contribution is -2.19. The number of aromatic nitrogens is 2. The van der Waals surface area contributed by atoms with Crippen molar-refractivity contribution in [1.29, 1.82) is 5.26 Å². The molecule has 5 heteroatoms. The van der Waals surface area contributed by atoms with Crippen LogP contribution in [0.3, 0.4) is 0 Å². The van der Waals surface area contributed by atoms with Crippen LogP contribution in [0.25, 0.3) is 0 Å². The second-order valence-corrected chi connectivity index (χ2v) is 3.98. The first kappa shape index (κ1) is 9.69. The molecule has 1 aromatic rings. The third kappa shape index (κ3) is 1.68. The van der Waals surface area contributed by atoms with Crippen LogP contribution in [0.4, 0.5) is 0 Å². The highest BCUT2D eigenvalue weighted by Gasteiger charge is 2.19. The minimum absolute atomic E-state index is 0.0137. The molecule has 1 aromatic heterocycles. The summed E-state index contributed by atoms with van der Waals surface area (Å²) in [4.78, 5) is 0. The van der Waals surface area contributed by atoms with E-state index in [2.05, 4.69) is 27.1 Å². The third-order valence-corrected chi connectivity index (χ3v) is 3.07. The molecule has 1 atom stereocenters. The van der Waals surface area contributed by atoms with Crippen molar-refractivity contribution in [2.75, 3.05) is 6.61 Å². The van der Waals surface area contributed by atoms with E-state index in [0.29, 0.717) is 10.2 Å². The van der Waals surface area contributed by atoms with E-state index in [1.807, 2.05) is 0 Å². The molecule has 0 radical (unpaired) electrons. The fourth-order valence-electron chi connectivity index (χ4n) is 1.54. The lowest BCUT2D eigenvalue weighted by molar-refractivity contribution is -0.0409. The molecular weight excluding hydrogens is 246 g/mol. The topological polar surface area (TPSA) is 50.8 Å². The summed E-state index contributed by atoms with van der Waals surface area (Å²) in [6.07, 6.45) is 4.77. The lowest BCUT2D eigenvalue weighted by atomic mass is 10.2. The van der Waals surface area contributed by atoms with Gasteiger partial charge in [-0.25, -0.2) is 4.68 Å². The van der Waals surface area contributed by atoms with Gasteiger partial charge in [-0.15, -0.1) is 0 Å². The van der Waals surface area contributed by atoms with Crippen LogP contribution in [-0.2, 0) is 4.74 Å². The number of nitrogens with zero attached hydrogens (tertiary/aromatic N) is 3. The van der Waals surface area contributed by atoms with E-state index >= 15 is 0 Å². The number of halogens is 1. The van der Waals surface area contributed by atoms with Gasteiger partial charge in [0.25, 0.3) is 0 Å². The van der Waals surface area contributed by atoms with Crippen LogP contribution in [0.1, 0.15) is 31.1 Å². The molecule has 2 rings (SSSR count). The summed E-state index contributed by atoms with van der Waals surface area (Å²) in [5.74, 6) is 0. The Labute approximate surface area is 90.6 Å². The van der Waals surface area contributed by atoms with Gasteiger partial charge >= 0.3 is 0 Å². The number of ether oxygens (including phenoxy) is 1. The smallest absolute Gasteiger partial charge is 0.151 e. The average Bonchev–Trinajstić information content (AvgIpc) is 2.61. The van der Waals surface area contributed by atoms with Crippen LogP contribution in [-0.4, -0.2) is 16.4 Å². The highest BCUT2D eigenvalue weighted by atomic mass is 79.9. The molecule has 2 heterocycles. The van der Waals surface area contributed by atoms with E-state index in [1.165, 1.54) is 0 Å². The van der Waals surface area contributed by atoms with Crippen LogP contribution < -0.4 is 0 Å². The fraction of sp³-hybridized carbons (Fsp3) is 0.556. The molecule has 0 aromatic carbocycles. The van der Waals surface area contributed by atoms with Crippen LogP contribution in [0.5, 0.6) is 0 Å². The molecule has 0 aliphatic carbocycles. The molecule has 0 amide bonds. The van der Waals surface area contributed by atoms with Crippen molar-refractivity contribution in [3.63, 3.8) is 0 Å². The molecule has 1 aliphatic rings. The first-order chi connectivity index (χ1) is 6.83. The van der Waals surface area contributed by atoms with Gasteiger partial charge in [-0.3, -0.25) is 0 Å². The largest absolute Gasteiger partial charge is 0.356 e. The number of hydrogen-bond donors (Lipinski definition) is 0.